The Morgan fingerprint density at radius 3 is 2.59 bits per heavy atom. The molecule has 5 nitrogen and oxygen atoms in total. The number of ketones is 1. The van der Waals surface area contributed by atoms with Crippen molar-refractivity contribution in [3.8, 4) is 11.1 Å². The van der Waals surface area contributed by atoms with Gasteiger partial charge < -0.3 is 0 Å². The van der Waals surface area contributed by atoms with E-state index in [9.17, 15) is 13.2 Å². The van der Waals surface area contributed by atoms with Crippen LogP contribution in [0.25, 0.3) is 17.2 Å². The van der Waals surface area contributed by atoms with E-state index >= 15 is 0 Å². The van der Waals surface area contributed by atoms with Gasteiger partial charge >= 0.3 is 0 Å². The zero-order valence-electron chi connectivity index (χ0n) is 17.2. The van der Waals surface area contributed by atoms with E-state index in [0.717, 1.165) is 47.3 Å². The Morgan fingerprint density at radius 2 is 1.88 bits per heavy atom. The first-order valence-electron chi connectivity index (χ1n) is 10.5. The molecule has 2 aliphatic rings. The van der Waals surface area contributed by atoms with Gasteiger partial charge in [0.25, 0.3) is 10.0 Å². The summed E-state index contributed by atoms with van der Waals surface area (Å²) in [6.07, 6.45) is 7.23. The number of sulfonamides is 1. The topological polar surface area (TPSA) is 76.1 Å². The van der Waals surface area contributed by atoms with Crippen LogP contribution in [0.4, 0.5) is 5.69 Å². The molecule has 1 N–H and O–H groups in total. The molecular formula is C25H21ClN2O3S. The number of anilines is 1. The third kappa shape index (κ3) is 4.33. The van der Waals surface area contributed by atoms with Crippen LogP contribution in [0.1, 0.15) is 29.8 Å². The van der Waals surface area contributed by atoms with E-state index in [1.807, 2.05) is 18.2 Å². The number of nitrogens with zero attached hydrogens (tertiary/aromatic N) is 1. The van der Waals surface area contributed by atoms with Crippen LogP contribution in [-0.4, -0.2) is 19.2 Å². The number of pyridine rings is 1. The van der Waals surface area contributed by atoms with Crippen LogP contribution in [0.15, 0.2) is 65.6 Å². The van der Waals surface area contributed by atoms with Crippen molar-refractivity contribution in [2.45, 2.75) is 30.6 Å². The number of hydrogen-bond acceptors (Lipinski definition) is 4. The average Bonchev–Trinajstić information content (AvgIpc) is 3.52. The predicted molar refractivity (Wildman–Crippen MR) is 126 cm³/mol. The molecule has 2 aromatic carbocycles. The van der Waals surface area contributed by atoms with Crippen molar-refractivity contribution >= 4 is 39.2 Å². The molecule has 0 spiro atoms. The third-order valence-corrected chi connectivity index (χ3v) is 7.34. The molecule has 0 bridgehead atoms. The predicted octanol–water partition coefficient (Wildman–Crippen LogP) is 5.29. The molecule has 32 heavy (non-hydrogen) atoms. The van der Waals surface area contributed by atoms with Gasteiger partial charge in [-0.3, -0.25) is 14.5 Å². The Bertz CT molecular complexity index is 1340. The van der Waals surface area contributed by atoms with Crippen molar-refractivity contribution in [3.63, 3.8) is 0 Å². The molecule has 3 aromatic rings. The van der Waals surface area contributed by atoms with Crippen LogP contribution in [0.2, 0.25) is 5.02 Å². The molecule has 7 heteroatoms. The Balaban J connectivity index is 1.42. The number of hydrogen-bond donors (Lipinski definition) is 1. The first-order valence-corrected chi connectivity index (χ1v) is 12.4. The highest BCUT2D eigenvalue weighted by Crippen LogP contribution is 2.34. The number of halogens is 1. The van der Waals surface area contributed by atoms with Crippen molar-refractivity contribution in [1.29, 1.82) is 0 Å². The number of fused-ring (bicyclic) bond motifs is 1. The van der Waals surface area contributed by atoms with Crippen LogP contribution >= 0.6 is 11.6 Å². The Kier molecular flexibility index (Phi) is 5.35. The van der Waals surface area contributed by atoms with Crippen LogP contribution < -0.4 is 4.72 Å². The molecule has 0 saturated heterocycles. The van der Waals surface area contributed by atoms with Gasteiger partial charge in [-0.2, -0.15) is 0 Å². The molecule has 0 unspecified atom stereocenters. The minimum atomic E-state index is -3.74. The van der Waals surface area contributed by atoms with Gasteiger partial charge in [-0.05, 0) is 60.4 Å². The third-order valence-electron chi connectivity index (χ3n) is 5.73. The second-order valence-electron chi connectivity index (χ2n) is 8.19. The van der Waals surface area contributed by atoms with Gasteiger partial charge in [0.15, 0.2) is 0 Å². The summed E-state index contributed by atoms with van der Waals surface area (Å²) in [4.78, 5) is 17.1. The Hall–Kier alpha value is -2.96. The van der Waals surface area contributed by atoms with Crippen molar-refractivity contribution in [2.75, 3.05) is 4.72 Å². The molecule has 1 heterocycles. The van der Waals surface area contributed by atoms with Crippen molar-refractivity contribution in [3.05, 3.63) is 82.6 Å². The van der Waals surface area contributed by atoms with E-state index < -0.39 is 10.0 Å². The Labute approximate surface area is 192 Å². The summed E-state index contributed by atoms with van der Waals surface area (Å²) in [5.74, 6) is 0.471. The molecular weight excluding hydrogens is 444 g/mol. The van der Waals surface area contributed by atoms with Crippen molar-refractivity contribution in [1.82, 2.24) is 4.98 Å². The molecule has 0 aliphatic heterocycles. The van der Waals surface area contributed by atoms with Gasteiger partial charge in [0.2, 0.25) is 0 Å². The largest absolute Gasteiger partial charge is 0.299 e. The summed E-state index contributed by atoms with van der Waals surface area (Å²) in [5, 5.41) is 0.360. The number of aromatic nitrogens is 1. The molecule has 5 rings (SSSR count). The van der Waals surface area contributed by atoms with Crippen molar-refractivity contribution in [2.24, 2.45) is 5.92 Å². The summed E-state index contributed by atoms with van der Waals surface area (Å²) in [5.41, 5.74) is 5.24. The summed E-state index contributed by atoms with van der Waals surface area (Å²) in [6.45, 7) is 0. The zero-order chi connectivity index (χ0) is 22.3. The molecule has 162 valence electrons. The van der Waals surface area contributed by atoms with E-state index in [0.29, 0.717) is 17.1 Å². The first kappa shape index (κ1) is 20.9. The molecule has 1 fully saturated rings. The lowest BCUT2D eigenvalue weighted by molar-refractivity contribution is -0.119. The van der Waals surface area contributed by atoms with E-state index in [1.165, 1.54) is 12.1 Å². The lowest BCUT2D eigenvalue weighted by Crippen LogP contribution is -2.12. The number of benzene rings is 2. The van der Waals surface area contributed by atoms with Gasteiger partial charge in [-0.25, -0.2) is 8.42 Å². The van der Waals surface area contributed by atoms with Crippen LogP contribution in [0, 0.1) is 5.92 Å². The molecule has 0 radical (unpaired) electrons. The molecule has 1 saturated carbocycles. The minimum Gasteiger partial charge on any atom is -0.299 e. The number of rotatable bonds is 7. The fourth-order valence-electron chi connectivity index (χ4n) is 3.92. The van der Waals surface area contributed by atoms with Crippen LogP contribution in [0.3, 0.4) is 0 Å². The van der Waals surface area contributed by atoms with Crippen LogP contribution in [-0.2, 0) is 27.7 Å². The van der Waals surface area contributed by atoms with Gasteiger partial charge in [-0.15, -0.1) is 0 Å². The monoisotopic (exact) mass is 464 g/mol. The second-order valence-corrected chi connectivity index (χ2v) is 10.3. The fourth-order valence-corrected chi connectivity index (χ4v) is 5.28. The number of Topliss-reactive ketones (excluding diaryl/α,β-unsaturated/α-hetero) is 1. The second kappa shape index (κ2) is 8.19. The zero-order valence-corrected chi connectivity index (χ0v) is 18.8. The van der Waals surface area contributed by atoms with E-state index in [4.69, 9.17) is 16.6 Å². The van der Waals surface area contributed by atoms with E-state index in [2.05, 4.69) is 16.9 Å². The maximum Gasteiger partial charge on any atom is 0.261 e. The highest BCUT2D eigenvalue weighted by molar-refractivity contribution is 7.92. The Morgan fingerprint density at radius 1 is 1.09 bits per heavy atom. The highest BCUT2D eigenvalue weighted by Gasteiger charge is 2.30. The maximum absolute atomic E-state index is 12.7. The SMILES string of the molecule is O=C(Cc1cc(-c2ccc(NS(=O)(=O)c3cccc(Cl)c3)cc2)c2c(n1)CC=C2)C1CC1. The fraction of sp³-hybridized carbons (Fsp3) is 0.200. The summed E-state index contributed by atoms with van der Waals surface area (Å²) in [6, 6.07) is 15.4. The number of nitrogens with one attached hydrogen (secondary N) is 1. The van der Waals surface area contributed by atoms with Gasteiger partial charge in [0.05, 0.1) is 10.6 Å². The quantitative estimate of drug-likeness (QED) is 0.515. The summed E-state index contributed by atoms with van der Waals surface area (Å²) >= 11 is 5.93. The van der Waals surface area contributed by atoms with Gasteiger partial charge in [0.1, 0.15) is 5.78 Å². The van der Waals surface area contributed by atoms with Crippen LogP contribution in [0.5, 0.6) is 0 Å². The molecule has 0 amide bonds. The molecule has 1 aromatic heterocycles. The van der Waals surface area contributed by atoms with E-state index in [1.54, 1.807) is 24.3 Å². The smallest absolute Gasteiger partial charge is 0.261 e. The average molecular weight is 465 g/mol. The molecule has 0 atom stereocenters. The van der Waals surface area contributed by atoms with Gasteiger partial charge in [-0.1, -0.05) is 42.0 Å². The minimum absolute atomic E-state index is 0.108. The summed E-state index contributed by atoms with van der Waals surface area (Å²) in [7, 11) is -3.74. The normalized spacial score (nSPS) is 14.9. The highest BCUT2D eigenvalue weighted by atomic mass is 35.5. The maximum atomic E-state index is 12.7. The first-order chi connectivity index (χ1) is 15.4. The van der Waals surface area contributed by atoms with E-state index in [-0.39, 0.29) is 16.6 Å². The standard InChI is InChI=1S/C25H21ClN2O3S/c26-18-3-1-4-21(13-18)32(30,31)28-19-11-9-16(10-12-19)23-14-20(15-25(29)17-7-8-17)27-24-6-2-5-22(23)24/h1-5,9-14,17,28H,6-8,15H2. The molecule has 2 aliphatic carbocycles. The number of carbonyl (C=O) groups excluding carboxylic acids is 1. The lowest BCUT2D eigenvalue weighted by atomic mass is 9.97. The van der Waals surface area contributed by atoms with Gasteiger partial charge in [0, 0.05) is 40.7 Å². The summed E-state index contributed by atoms with van der Waals surface area (Å²) < 4.78 is 27.9. The number of allylic oxidation sites excluding steroid dienone is 1. The number of carbonyl (C=O) groups is 1. The van der Waals surface area contributed by atoms with Crippen molar-refractivity contribution < 1.29 is 13.2 Å². The lowest BCUT2D eigenvalue weighted by Gasteiger charge is -2.13.